The van der Waals surface area contributed by atoms with Gasteiger partial charge in [-0.25, -0.2) is 0 Å². The molecule has 0 heterocycles. The van der Waals surface area contributed by atoms with Crippen molar-refractivity contribution in [3.63, 3.8) is 0 Å². The Kier molecular flexibility index (Phi) is 4.39. The summed E-state index contributed by atoms with van der Waals surface area (Å²) in [6, 6.07) is 3.49. The molecule has 0 amide bonds. The third kappa shape index (κ3) is 2.53. The molecule has 0 N–H and O–H groups in total. The van der Waals surface area contributed by atoms with Crippen molar-refractivity contribution in [1.82, 2.24) is 0 Å². The van der Waals surface area contributed by atoms with Crippen molar-refractivity contribution >= 4 is 12.4 Å². The zero-order valence-corrected chi connectivity index (χ0v) is 9.44. The second kappa shape index (κ2) is 5.80. The van der Waals surface area contributed by atoms with Gasteiger partial charge in [-0.2, -0.15) is 0 Å². The van der Waals surface area contributed by atoms with Crippen LogP contribution in [0.15, 0.2) is 18.2 Å². The van der Waals surface area contributed by atoms with E-state index in [0.29, 0.717) is 17.2 Å². The predicted molar refractivity (Wildman–Crippen MR) is 60.8 cm³/mol. The van der Waals surface area contributed by atoms with Crippen LogP contribution in [0.3, 0.4) is 0 Å². The van der Waals surface area contributed by atoms with Crippen LogP contribution in [0, 0.1) is 0 Å². The van der Waals surface area contributed by atoms with Crippen molar-refractivity contribution in [3.8, 4) is 17.2 Å². The number of allylic oxidation sites excluding steroid dienone is 1. The molecule has 0 aliphatic carbocycles. The predicted octanol–water partition coefficient (Wildman–Crippen LogP) is 1.84. The van der Waals surface area contributed by atoms with Gasteiger partial charge in [0, 0.05) is 0 Å². The van der Waals surface area contributed by atoms with Crippen molar-refractivity contribution in [2.45, 2.75) is 0 Å². The number of benzene rings is 1. The van der Waals surface area contributed by atoms with Gasteiger partial charge in [0.25, 0.3) is 0 Å². The van der Waals surface area contributed by atoms with Crippen LogP contribution in [0.5, 0.6) is 17.2 Å². The SMILES string of the molecule is COc1cc(C=C[C]=O)cc(OC)c1OC. The Labute approximate surface area is 94.4 Å². The first-order valence-electron chi connectivity index (χ1n) is 4.61. The van der Waals surface area contributed by atoms with E-state index in [0.717, 1.165) is 5.56 Å². The van der Waals surface area contributed by atoms with E-state index in [4.69, 9.17) is 14.2 Å². The zero-order valence-electron chi connectivity index (χ0n) is 9.44. The molecular weight excluding hydrogens is 208 g/mol. The van der Waals surface area contributed by atoms with E-state index < -0.39 is 0 Å². The van der Waals surface area contributed by atoms with Crippen molar-refractivity contribution in [2.24, 2.45) is 0 Å². The average molecular weight is 221 g/mol. The molecule has 0 fully saturated rings. The fourth-order valence-electron chi connectivity index (χ4n) is 1.33. The average Bonchev–Trinajstić information content (AvgIpc) is 2.34. The van der Waals surface area contributed by atoms with Crippen molar-refractivity contribution in [3.05, 3.63) is 23.8 Å². The maximum Gasteiger partial charge on any atom is 0.225 e. The van der Waals surface area contributed by atoms with E-state index in [1.807, 2.05) is 0 Å². The van der Waals surface area contributed by atoms with Gasteiger partial charge in [0.05, 0.1) is 21.3 Å². The number of carbonyl (C=O) groups excluding carboxylic acids is 1. The summed E-state index contributed by atoms with van der Waals surface area (Å²) in [7, 11) is 4.61. The highest BCUT2D eigenvalue weighted by Gasteiger charge is 2.11. The van der Waals surface area contributed by atoms with Crippen molar-refractivity contribution in [1.29, 1.82) is 0 Å². The van der Waals surface area contributed by atoms with Crippen LogP contribution in [0.2, 0.25) is 0 Å². The third-order valence-electron chi connectivity index (χ3n) is 2.03. The van der Waals surface area contributed by atoms with Crippen LogP contribution in [0.4, 0.5) is 0 Å². The van der Waals surface area contributed by atoms with Gasteiger partial charge < -0.3 is 14.2 Å². The van der Waals surface area contributed by atoms with Crippen molar-refractivity contribution < 1.29 is 19.0 Å². The van der Waals surface area contributed by atoms with Crippen LogP contribution >= 0.6 is 0 Å². The first-order chi connectivity index (χ1) is 7.76. The van der Waals surface area contributed by atoms with Crippen molar-refractivity contribution in [2.75, 3.05) is 21.3 Å². The number of ether oxygens (including phenoxy) is 3. The highest BCUT2D eigenvalue weighted by molar-refractivity contribution is 5.75. The minimum Gasteiger partial charge on any atom is -0.493 e. The lowest BCUT2D eigenvalue weighted by Gasteiger charge is -2.12. The molecular formula is C12H13O4. The largest absolute Gasteiger partial charge is 0.493 e. The van der Waals surface area contributed by atoms with E-state index in [9.17, 15) is 4.79 Å². The Bertz CT molecular complexity index is 371. The first-order valence-corrected chi connectivity index (χ1v) is 4.61. The van der Waals surface area contributed by atoms with E-state index in [1.54, 1.807) is 24.5 Å². The lowest BCUT2D eigenvalue weighted by Crippen LogP contribution is -1.95. The van der Waals surface area contributed by atoms with Gasteiger partial charge in [-0.05, 0) is 23.8 Å². The molecule has 0 spiro atoms. The summed E-state index contributed by atoms with van der Waals surface area (Å²) in [5, 5.41) is 0. The summed E-state index contributed by atoms with van der Waals surface area (Å²) in [4.78, 5) is 10.1. The summed E-state index contributed by atoms with van der Waals surface area (Å²) in [6.45, 7) is 0. The minimum absolute atomic E-state index is 0.525. The molecule has 4 heteroatoms. The summed E-state index contributed by atoms with van der Waals surface area (Å²) in [5.74, 6) is 1.62. The molecule has 0 aliphatic rings. The molecule has 1 radical (unpaired) electrons. The molecule has 0 unspecified atom stereocenters. The van der Waals surface area contributed by atoms with Crippen LogP contribution in [-0.2, 0) is 4.79 Å². The molecule has 1 aromatic rings. The summed E-state index contributed by atoms with van der Waals surface area (Å²) >= 11 is 0. The first kappa shape index (κ1) is 12.1. The number of methoxy groups -OCH3 is 3. The molecule has 0 aliphatic heterocycles. The molecule has 85 valence electrons. The lowest BCUT2D eigenvalue weighted by atomic mass is 10.1. The van der Waals surface area contributed by atoms with Gasteiger partial charge in [-0.1, -0.05) is 6.08 Å². The summed E-state index contributed by atoms with van der Waals surface area (Å²) in [5.41, 5.74) is 0.776. The maximum absolute atomic E-state index is 10.1. The molecule has 1 rings (SSSR count). The van der Waals surface area contributed by atoms with Crippen LogP contribution < -0.4 is 14.2 Å². The molecule has 1 aromatic carbocycles. The summed E-state index contributed by atoms with van der Waals surface area (Å²) in [6.07, 6.45) is 4.56. The number of hydrogen-bond donors (Lipinski definition) is 0. The molecule has 0 atom stereocenters. The fourth-order valence-corrected chi connectivity index (χ4v) is 1.33. The standard InChI is InChI=1S/C12H13O4/c1-14-10-7-9(5-4-6-13)8-11(15-2)12(10)16-3/h4-5,7-8H,1-3H3. The summed E-state index contributed by atoms with van der Waals surface area (Å²) < 4.78 is 15.5. The normalized spacial score (nSPS) is 10.2. The monoisotopic (exact) mass is 221 g/mol. The van der Waals surface area contributed by atoms with E-state index in [-0.39, 0.29) is 0 Å². The van der Waals surface area contributed by atoms with E-state index >= 15 is 0 Å². The molecule has 16 heavy (non-hydrogen) atoms. The van der Waals surface area contributed by atoms with Crippen LogP contribution in [0.1, 0.15) is 5.56 Å². The van der Waals surface area contributed by atoms with Gasteiger partial charge in [-0.15, -0.1) is 0 Å². The van der Waals surface area contributed by atoms with Gasteiger partial charge in [0.15, 0.2) is 11.5 Å². The Morgan fingerprint density at radius 2 is 1.62 bits per heavy atom. The number of hydrogen-bond acceptors (Lipinski definition) is 4. The quantitative estimate of drug-likeness (QED) is 0.711. The Hall–Kier alpha value is -1.97. The van der Waals surface area contributed by atoms with E-state index in [1.165, 1.54) is 27.4 Å². The Morgan fingerprint density at radius 1 is 1.06 bits per heavy atom. The highest BCUT2D eigenvalue weighted by Crippen LogP contribution is 2.38. The Morgan fingerprint density at radius 3 is 2.00 bits per heavy atom. The zero-order chi connectivity index (χ0) is 12.0. The minimum atomic E-state index is 0.525. The lowest BCUT2D eigenvalue weighted by molar-refractivity contribution is 0.324. The number of rotatable bonds is 5. The van der Waals surface area contributed by atoms with Gasteiger partial charge in [0.2, 0.25) is 12.0 Å². The molecule has 0 saturated carbocycles. The molecule has 0 saturated heterocycles. The molecule has 0 aromatic heterocycles. The van der Waals surface area contributed by atoms with E-state index in [2.05, 4.69) is 0 Å². The topological polar surface area (TPSA) is 44.8 Å². The molecule has 0 bridgehead atoms. The van der Waals surface area contributed by atoms with Gasteiger partial charge in [0.1, 0.15) is 0 Å². The third-order valence-corrected chi connectivity index (χ3v) is 2.03. The van der Waals surface area contributed by atoms with Crippen LogP contribution in [-0.4, -0.2) is 27.6 Å². The highest BCUT2D eigenvalue weighted by atomic mass is 16.5. The molecule has 4 nitrogen and oxygen atoms in total. The maximum atomic E-state index is 10.1. The Balaban J connectivity index is 3.25. The fraction of sp³-hybridized carbons (Fsp3) is 0.250. The van der Waals surface area contributed by atoms with Gasteiger partial charge >= 0.3 is 0 Å². The smallest absolute Gasteiger partial charge is 0.225 e. The second-order valence-electron chi connectivity index (χ2n) is 2.91. The second-order valence-corrected chi connectivity index (χ2v) is 2.91. The van der Waals surface area contributed by atoms with Gasteiger partial charge in [-0.3, -0.25) is 4.79 Å². The van der Waals surface area contributed by atoms with Crippen LogP contribution in [0.25, 0.3) is 6.08 Å².